The molecule has 140 valence electrons. The molecule has 1 amide bonds. The minimum absolute atomic E-state index is 0.228. The number of aryl methyl sites for hydroxylation is 1. The molecular formula is C19H25N3O4. The Hall–Kier alpha value is -2.57. The SMILES string of the molecule is COc1cc(C)cc(-c2nc(C3CCCN3C(=O)OC(C)(C)C)no2)c1. The largest absolute Gasteiger partial charge is 0.497 e. The topological polar surface area (TPSA) is 77.7 Å². The first-order valence-electron chi connectivity index (χ1n) is 8.76. The summed E-state index contributed by atoms with van der Waals surface area (Å²) in [6, 6.07) is 5.51. The van der Waals surface area contributed by atoms with Gasteiger partial charge in [-0.05, 0) is 64.3 Å². The fraction of sp³-hybridized carbons (Fsp3) is 0.526. The number of methoxy groups -OCH3 is 1. The summed E-state index contributed by atoms with van der Waals surface area (Å²) in [7, 11) is 1.62. The van der Waals surface area contributed by atoms with Crippen LogP contribution in [0.3, 0.4) is 0 Å². The molecule has 1 aromatic heterocycles. The second kappa shape index (κ2) is 6.97. The molecule has 1 unspecified atom stereocenters. The molecule has 1 fully saturated rings. The molecule has 7 heteroatoms. The highest BCUT2D eigenvalue weighted by Gasteiger charge is 2.36. The van der Waals surface area contributed by atoms with Crippen molar-refractivity contribution >= 4 is 6.09 Å². The number of nitrogens with zero attached hydrogens (tertiary/aromatic N) is 3. The molecule has 0 N–H and O–H groups in total. The summed E-state index contributed by atoms with van der Waals surface area (Å²) in [6.07, 6.45) is 1.32. The molecular weight excluding hydrogens is 334 g/mol. The van der Waals surface area contributed by atoms with Crippen molar-refractivity contribution in [2.24, 2.45) is 0 Å². The maximum absolute atomic E-state index is 12.5. The lowest BCUT2D eigenvalue weighted by Gasteiger charge is -2.27. The molecule has 1 saturated heterocycles. The number of amides is 1. The van der Waals surface area contributed by atoms with Crippen molar-refractivity contribution in [3.63, 3.8) is 0 Å². The summed E-state index contributed by atoms with van der Waals surface area (Å²) in [4.78, 5) is 18.7. The van der Waals surface area contributed by atoms with Gasteiger partial charge in [0.25, 0.3) is 5.89 Å². The van der Waals surface area contributed by atoms with Gasteiger partial charge in [0.05, 0.1) is 13.2 Å². The summed E-state index contributed by atoms with van der Waals surface area (Å²) in [5.74, 6) is 1.65. The van der Waals surface area contributed by atoms with Gasteiger partial charge in [0, 0.05) is 12.1 Å². The van der Waals surface area contributed by atoms with Crippen LogP contribution in [0.25, 0.3) is 11.5 Å². The number of hydrogen-bond donors (Lipinski definition) is 0. The van der Waals surface area contributed by atoms with Crippen molar-refractivity contribution in [1.82, 2.24) is 15.0 Å². The maximum atomic E-state index is 12.5. The van der Waals surface area contributed by atoms with E-state index in [1.54, 1.807) is 12.0 Å². The molecule has 1 aromatic carbocycles. The molecule has 1 aliphatic rings. The van der Waals surface area contributed by atoms with Crippen molar-refractivity contribution in [2.45, 2.75) is 52.2 Å². The predicted molar refractivity (Wildman–Crippen MR) is 95.9 cm³/mol. The van der Waals surface area contributed by atoms with Gasteiger partial charge >= 0.3 is 6.09 Å². The molecule has 0 aliphatic carbocycles. The zero-order chi connectivity index (χ0) is 18.9. The number of ether oxygens (including phenoxy) is 2. The molecule has 2 aromatic rings. The third kappa shape index (κ3) is 3.98. The molecule has 1 aliphatic heterocycles. The van der Waals surface area contributed by atoms with Crippen molar-refractivity contribution in [2.75, 3.05) is 13.7 Å². The zero-order valence-electron chi connectivity index (χ0n) is 15.9. The average molecular weight is 359 g/mol. The quantitative estimate of drug-likeness (QED) is 0.820. The van der Waals surface area contributed by atoms with E-state index in [4.69, 9.17) is 14.0 Å². The molecule has 1 atom stereocenters. The lowest BCUT2D eigenvalue weighted by Crippen LogP contribution is -2.36. The lowest BCUT2D eigenvalue weighted by atomic mass is 10.1. The zero-order valence-corrected chi connectivity index (χ0v) is 15.9. The van der Waals surface area contributed by atoms with Crippen molar-refractivity contribution < 1.29 is 18.8 Å². The van der Waals surface area contributed by atoms with Gasteiger partial charge in [-0.15, -0.1) is 0 Å². The van der Waals surface area contributed by atoms with Gasteiger partial charge in [0.15, 0.2) is 5.82 Å². The third-order valence-corrected chi connectivity index (χ3v) is 4.15. The van der Waals surface area contributed by atoms with Crippen molar-refractivity contribution in [1.29, 1.82) is 0 Å². The molecule has 3 rings (SSSR count). The van der Waals surface area contributed by atoms with Crippen molar-refractivity contribution in [3.8, 4) is 17.2 Å². The highest BCUT2D eigenvalue weighted by atomic mass is 16.6. The van der Waals surface area contributed by atoms with Gasteiger partial charge in [-0.25, -0.2) is 4.79 Å². The highest BCUT2D eigenvalue weighted by Crippen LogP contribution is 2.33. The van der Waals surface area contributed by atoms with E-state index in [0.717, 1.165) is 29.7 Å². The average Bonchev–Trinajstić information content (AvgIpc) is 3.21. The van der Waals surface area contributed by atoms with E-state index in [-0.39, 0.29) is 12.1 Å². The first-order chi connectivity index (χ1) is 12.3. The molecule has 0 bridgehead atoms. The van der Waals surface area contributed by atoms with Crippen LogP contribution in [-0.4, -0.2) is 40.4 Å². The summed E-state index contributed by atoms with van der Waals surface area (Å²) < 4.78 is 16.2. The van der Waals surface area contributed by atoms with Crippen LogP contribution in [-0.2, 0) is 4.74 Å². The number of likely N-dealkylation sites (tertiary alicyclic amines) is 1. The second-order valence-electron chi connectivity index (χ2n) is 7.53. The van der Waals surface area contributed by atoms with Gasteiger partial charge in [0.1, 0.15) is 11.4 Å². The van der Waals surface area contributed by atoms with Crippen LogP contribution in [0.5, 0.6) is 5.75 Å². The fourth-order valence-corrected chi connectivity index (χ4v) is 3.05. The van der Waals surface area contributed by atoms with Gasteiger partial charge in [0.2, 0.25) is 0 Å². The molecule has 7 nitrogen and oxygen atoms in total. The Morgan fingerprint density at radius 2 is 2.08 bits per heavy atom. The second-order valence-corrected chi connectivity index (χ2v) is 7.53. The molecule has 0 radical (unpaired) electrons. The predicted octanol–water partition coefficient (Wildman–Crippen LogP) is 4.13. The first kappa shape index (κ1) is 18.2. The molecule has 26 heavy (non-hydrogen) atoms. The third-order valence-electron chi connectivity index (χ3n) is 4.15. The normalized spacial score (nSPS) is 17.4. The summed E-state index contributed by atoms with van der Waals surface area (Å²) >= 11 is 0. The number of rotatable bonds is 3. The van der Waals surface area contributed by atoms with Crippen LogP contribution in [0.2, 0.25) is 0 Å². The van der Waals surface area contributed by atoms with Gasteiger partial charge in [-0.3, -0.25) is 4.90 Å². The van der Waals surface area contributed by atoms with Crippen LogP contribution < -0.4 is 4.74 Å². The van der Waals surface area contributed by atoms with E-state index in [0.29, 0.717) is 18.3 Å². The Morgan fingerprint density at radius 1 is 1.31 bits per heavy atom. The highest BCUT2D eigenvalue weighted by molar-refractivity contribution is 5.69. The van der Waals surface area contributed by atoms with Crippen LogP contribution in [0, 0.1) is 6.92 Å². The van der Waals surface area contributed by atoms with E-state index in [1.807, 2.05) is 45.9 Å². The Bertz CT molecular complexity index is 794. The van der Waals surface area contributed by atoms with Gasteiger partial charge < -0.3 is 14.0 Å². The Morgan fingerprint density at radius 3 is 2.77 bits per heavy atom. The summed E-state index contributed by atoms with van der Waals surface area (Å²) in [6.45, 7) is 8.17. The van der Waals surface area contributed by atoms with E-state index >= 15 is 0 Å². The molecule has 0 spiro atoms. The van der Waals surface area contributed by atoms with E-state index < -0.39 is 5.60 Å². The maximum Gasteiger partial charge on any atom is 0.410 e. The Kier molecular flexibility index (Phi) is 4.89. The van der Waals surface area contributed by atoms with E-state index in [1.165, 1.54) is 0 Å². The van der Waals surface area contributed by atoms with Crippen LogP contribution in [0.4, 0.5) is 4.79 Å². The standard InChI is InChI=1S/C19H25N3O4/c1-12-9-13(11-14(10-12)24-5)17-20-16(21-26-17)15-7-6-8-22(15)18(23)25-19(2,3)4/h9-11,15H,6-8H2,1-5H3. The van der Waals surface area contributed by atoms with Crippen molar-refractivity contribution in [3.05, 3.63) is 29.6 Å². The minimum atomic E-state index is -0.537. The monoisotopic (exact) mass is 359 g/mol. The summed E-state index contributed by atoms with van der Waals surface area (Å²) in [5, 5.41) is 4.11. The van der Waals surface area contributed by atoms with Crippen LogP contribution in [0.1, 0.15) is 51.0 Å². The minimum Gasteiger partial charge on any atom is -0.497 e. The lowest BCUT2D eigenvalue weighted by molar-refractivity contribution is 0.0217. The molecule has 2 heterocycles. The van der Waals surface area contributed by atoms with Crippen LogP contribution >= 0.6 is 0 Å². The number of carbonyl (C=O) groups excluding carboxylic acids is 1. The summed E-state index contributed by atoms with van der Waals surface area (Å²) in [5.41, 5.74) is 1.29. The van der Waals surface area contributed by atoms with E-state index in [2.05, 4.69) is 10.1 Å². The first-order valence-corrected chi connectivity index (χ1v) is 8.76. The number of benzene rings is 1. The van der Waals surface area contributed by atoms with Gasteiger partial charge in [-0.2, -0.15) is 4.98 Å². The van der Waals surface area contributed by atoms with E-state index in [9.17, 15) is 4.79 Å². The number of aromatic nitrogens is 2. The number of carbonyl (C=O) groups is 1. The number of hydrogen-bond acceptors (Lipinski definition) is 6. The Balaban J connectivity index is 1.83. The fourth-order valence-electron chi connectivity index (χ4n) is 3.05. The smallest absolute Gasteiger partial charge is 0.410 e. The Labute approximate surface area is 153 Å². The molecule has 0 saturated carbocycles. The van der Waals surface area contributed by atoms with Gasteiger partial charge in [-0.1, -0.05) is 5.16 Å². The van der Waals surface area contributed by atoms with Crippen LogP contribution in [0.15, 0.2) is 22.7 Å².